The number of carbonyl (C=O) groups is 1. The number of nitrogen functional groups attached to an aromatic ring is 1. The van der Waals surface area contributed by atoms with Gasteiger partial charge in [-0.15, -0.1) is 0 Å². The van der Waals surface area contributed by atoms with Crippen molar-refractivity contribution in [3.8, 4) is 0 Å². The Bertz CT molecular complexity index is 918. The van der Waals surface area contributed by atoms with E-state index in [-0.39, 0.29) is 5.91 Å². The third-order valence-electron chi connectivity index (χ3n) is 4.27. The Kier molecular flexibility index (Phi) is 6.02. The molecule has 0 heterocycles. The molecule has 136 valence electrons. The molecular weight excluding hydrogens is 334 g/mol. The summed E-state index contributed by atoms with van der Waals surface area (Å²) >= 11 is 0. The largest absolute Gasteiger partial charge is 0.397 e. The van der Waals surface area contributed by atoms with Gasteiger partial charge in [-0.25, -0.2) is 0 Å². The van der Waals surface area contributed by atoms with Crippen LogP contribution < -0.4 is 16.4 Å². The van der Waals surface area contributed by atoms with Crippen LogP contribution in [0.3, 0.4) is 0 Å². The first-order valence-electron chi connectivity index (χ1n) is 8.82. The van der Waals surface area contributed by atoms with Crippen molar-refractivity contribution in [3.63, 3.8) is 0 Å². The number of nitrogens with one attached hydrogen (secondary N) is 2. The van der Waals surface area contributed by atoms with Gasteiger partial charge in [0.2, 0.25) is 0 Å². The highest BCUT2D eigenvalue weighted by Crippen LogP contribution is 2.19. The molecule has 0 unspecified atom stereocenters. The van der Waals surface area contributed by atoms with Gasteiger partial charge in [-0.1, -0.05) is 61.2 Å². The number of carbonyl (C=O) groups excluding carboxylic acids is 1. The van der Waals surface area contributed by atoms with Gasteiger partial charge in [-0.05, 0) is 41.0 Å². The smallest absolute Gasteiger partial charge is 0.255 e. The monoisotopic (exact) mass is 357 g/mol. The van der Waals surface area contributed by atoms with Gasteiger partial charge in [-0.2, -0.15) is 0 Å². The molecule has 3 rings (SSSR count). The van der Waals surface area contributed by atoms with E-state index in [1.807, 2.05) is 42.5 Å². The Morgan fingerprint density at radius 1 is 0.852 bits per heavy atom. The molecule has 0 fully saturated rings. The lowest BCUT2D eigenvalue weighted by molar-refractivity contribution is 0.102. The van der Waals surface area contributed by atoms with Crippen molar-refractivity contribution in [1.82, 2.24) is 5.32 Å². The third-order valence-corrected chi connectivity index (χ3v) is 4.27. The Balaban J connectivity index is 1.55. The molecule has 0 bridgehead atoms. The Morgan fingerprint density at radius 2 is 1.48 bits per heavy atom. The van der Waals surface area contributed by atoms with Gasteiger partial charge in [-0.3, -0.25) is 4.79 Å². The minimum absolute atomic E-state index is 0.188. The Hall–Kier alpha value is -3.37. The lowest BCUT2D eigenvalue weighted by Gasteiger charge is -2.10. The molecule has 0 aliphatic rings. The maximum absolute atomic E-state index is 12.4. The highest BCUT2D eigenvalue weighted by Gasteiger charge is 2.08. The molecule has 0 spiro atoms. The molecule has 1 amide bonds. The van der Waals surface area contributed by atoms with E-state index in [0.29, 0.717) is 23.5 Å². The second kappa shape index (κ2) is 8.83. The Labute approximate surface area is 159 Å². The van der Waals surface area contributed by atoms with E-state index in [0.717, 1.165) is 17.7 Å². The molecular formula is C23H23N3O. The van der Waals surface area contributed by atoms with Crippen molar-refractivity contribution in [3.05, 3.63) is 102 Å². The second-order valence-corrected chi connectivity index (χ2v) is 6.31. The molecule has 4 heteroatoms. The van der Waals surface area contributed by atoms with Crippen LogP contribution in [0.2, 0.25) is 0 Å². The molecule has 3 aromatic rings. The summed E-state index contributed by atoms with van der Waals surface area (Å²) < 4.78 is 0. The minimum atomic E-state index is -0.188. The zero-order valence-corrected chi connectivity index (χ0v) is 15.1. The molecule has 0 saturated heterocycles. The van der Waals surface area contributed by atoms with E-state index in [1.54, 1.807) is 24.3 Å². The van der Waals surface area contributed by atoms with Gasteiger partial charge in [0.05, 0.1) is 11.4 Å². The van der Waals surface area contributed by atoms with E-state index >= 15 is 0 Å². The summed E-state index contributed by atoms with van der Waals surface area (Å²) in [5, 5.41) is 6.21. The van der Waals surface area contributed by atoms with Crippen LogP contribution in [0, 0.1) is 0 Å². The van der Waals surface area contributed by atoms with Crippen LogP contribution in [0.25, 0.3) is 5.57 Å². The number of rotatable bonds is 7. The zero-order chi connectivity index (χ0) is 19.1. The minimum Gasteiger partial charge on any atom is -0.397 e. The normalized spacial score (nSPS) is 10.4. The van der Waals surface area contributed by atoms with Crippen molar-refractivity contribution in [2.45, 2.75) is 6.54 Å². The number of nitrogens with two attached hydrogens (primary N) is 1. The average molecular weight is 357 g/mol. The maximum atomic E-state index is 12.4. The fraction of sp³-hybridized carbons (Fsp3) is 0.0870. The van der Waals surface area contributed by atoms with Crippen molar-refractivity contribution < 1.29 is 4.79 Å². The number of benzene rings is 3. The molecule has 0 saturated carbocycles. The summed E-state index contributed by atoms with van der Waals surface area (Å²) in [4.78, 5) is 12.4. The van der Waals surface area contributed by atoms with Gasteiger partial charge in [0.25, 0.3) is 5.91 Å². The van der Waals surface area contributed by atoms with E-state index in [4.69, 9.17) is 5.73 Å². The summed E-state index contributed by atoms with van der Waals surface area (Å²) in [5.41, 5.74) is 10.8. The summed E-state index contributed by atoms with van der Waals surface area (Å²) in [6.07, 6.45) is 0. The highest BCUT2D eigenvalue weighted by molar-refractivity contribution is 6.05. The SMILES string of the molecule is C=C(CNCc1ccccc1)c1ccc(C(=O)Nc2ccccc2N)cc1. The zero-order valence-electron chi connectivity index (χ0n) is 15.1. The number of amides is 1. The summed E-state index contributed by atoms with van der Waals surface area (Å²) in [7, 11) is 0. The molecule has 27 heavy (non-hydrogen) atoms. The van der Waals surface area contributed by atoms with Crippen molar-refractivity contribution in [2.24, 2.45) is 0 Å². The average Bonchev–Trinajstić information content (AvgIpc) is 2.70. The number of anilines is 2. The second-order valence-electron chi connectivity index (χ2n) is 6.31. The molecule has 3 aromatic carbocycles. The summed E-state index contributed by atoms with van der Waals surface area (Å²) in [6, 6.07) is 24.9. The maximum Gasteiger partial charge on any atom is 0.255 e. The standard InChI is InChI=1S/C23H23N3O/c1-17(15-25-16-18-7-3-2-4-8-18)19-11-13-20(14-12-19)23(27)26-22-10-6-5-9-21(22)24/h2-14,25H,1,15-16,24H2,(H,26,27). The molecule has 0 aromatic heterocycles. The summed E-state index contributed by atoms with van der Waals surface area (Å²) in [6.45, 7) is 5.60. The third kappa shape index (κ3) is 5.06. The highest BCUT2D eigenvalue weighted by atomic mass is 16.1. The van der Waals surface area contributed by atoms with Crippen LogP contribution >= 0.6 is 0 Å². The van der Waals surface area contributed by atoms with Crippen LogP contribution in [-0.2, 0) is 6.54 Å². The van der Waals surface area contributed by atoms with E-state index in [1.165, 1.54) is 5.56 Å². The first-order chi connectivity index (χ1) is 13.1. The van der Waals surface area contributed by atoms with Crippen LogP contribution in [0.4, 0.5) is 11.4 Å². The molecule has 4 N–H and O–H groups in total. The van der Waals surface area contributed by atoms with Gasteiger partial charge in [0.15, 0.2) is 0 Å². The van der Waals surface area contributed by atoms with Crippen molar-refractivity contribution >= 4 is 22.9 Å². The van der Waals surface area contributed by atoms with E-state index in [2.05, 4.69) is 29.3 Å². The predicted molar refractivity (Wildman–Crippen MR) is 112 cm³/mol. The fourth-order valence-corrected chi connectivity index (χ4v) is 2.72. The van der Waals surface area contributed by atoms with Crippen molar-refractivity contribution in [1.29, 1.82) is 0 Å². The number of hydrogen-bond acceptors (Lipinski definition) is 3. The Morgan fingerprint density at radius 3 is 2.19 bits per heavy atom. The lowest BCUT2D eigenvalue weighted by atomic mass is 10.0. The van der Waals surface area contributed by atoms with Gasteiger partial charge >= 0.3 is 0 Å². The molecule has 0 radical (unpaired) electrons. The lowest BCUT2D eigenvalue weighted by Crippen LogP contribution is -2.16. The van der Waals surface area contributed by atoms with Crippen LogP contribution in [0.5, 0.6) is 0 Å². The van der Waals surface area contributed by atoms with Crippen LogP contribution in [0.1, 0.15) is 21.5 Å². The van der Waals surface area contributed by atoms with Gasteiger partial charge < -0.3 is 16.4 Å². The first kappa shape index (κ1) is 18.4. The number of hydrogen-bond donors (Lipinski definition) is 3. The molecule has 4 nitrogen and oxygen atoms in total. The van der Waals surface area contributed by atoms with E-state index < -0.39 is 0 Å². The predicted octanol–water partition coefficient (Wildman–Crippen LogP) is 4.32. The topological polar surface area (TPSA) is 67.2 Å². The molecule has 0 atom stereocenters. The van der Waals surface area contributed by atoms with Gasteiger partial charge in [0.1, 0.15) is 0 Å². The quantitative estimate of drug-likeness (QED) is 0.552. The van der Waals surface area contributed by atoms with Crippen LogP contribution in [0.15, 0.2) is 85.4 Å². The van der Waals surface area contributed by atoms with Gasteiger partial charge in [0, 0.05) is 18.7 Å². The summed E-state index contributed by atoms with van der Waals surface area (Å²) in [5.74, 6) is -0.188. The van der Waals surface area contributed by atoms with Crippen molar-refractivity contribution in [2.75, 3.05) is 17.6 Å². The molecule has 0 aliphatic carbocycles. The van der Waals surface area contributed by atoms with E-state index in [9.17, 15) is 4.79 Å². The molecule has 0 aliphatic heterocycles. The first-order valence-corrected chi connectivity index (χ1v) is 8.82. The number of para-hydroxylation sites is 2. The fourth-order valence-electron chi connectivity index (χ4n) is 2.72. The van der Waals surface area contributed by atoms with Crippen LogP contribution in [-0.4, -0.2) is 12.5 Å².